The number of anilines is 1. The minimum Gasteiger partial charge on any atom is -0.489 e. The van der Waals surface area contributed by atoms with Crippen molar-refractivity contribution in [2.24, 2.45) is 0 Å². The molecule has 2 heterocycles. The van der Waals surface area contributed by atoms with Crippen LogP contribution in [0, 0.1) is 6.92 Å². The summed E-state index contributed by atoms with van der Waals surface area (Å²) in [4.78, 5) is 19.0. The highest BCUT2D eigenvalue weighted by molar-refractivity contribution is 7.19. The van der Waals surface area contributed by atoms with E-state index in [0.717, 1.165) is 33.2 Å². The minimum absolute atomic E-state index is 0.154. The molecule has 33 heavy (non-hydrogen) atoms. The fourth-order valence-electron chi connectivity index (χ4n) is 3.48. The maximum absolute atomic E-state index is 12.9. The van der Waals surface area contributed by atoms with Gasteiger partial charge in [-0.3, -0.25) is 9.20 Å². The van der Waals surface area contributed by atoms with Gasteiger partial charge >= 0.3 is 0 Å². The number of hydrogen-bond donors (Lipinski definition) is 1. The summed E-state index contributed by atoms with van der Waals surface area (Å²) in [6.45, 7) is 2.38. The number of aromatic nitrogens is 2. The number of ether oxygens (including phenoxy) is 1. The lowest BCUT2D eigenvalue weighted by molar-refractivity contribution is 0.102. The summed E-state index contributed by atoms with van der Waals surface area (Å²) in [5.41, 5.74) is 4.55. The van der Waals surface area contributed by atoms with E-state index in [1.54, 1.807) is 0 Å². The number of carbonyl (C=O) groups is 1. The second-order valence-electron chi connectivity index (χ2n) is 7.55. The summed E-state index contributed by atoms with van der Waals surface area (Å²) in [5, 5.41) is 3.66. The van der Waals surface area contributed by atoms with E-state index < -0.39 is 0 Å². The molecule has 5 nitrogen and oxygen atoms in total. The van der Waals surface area contributed by atoms with Crippen molar-refractivity contribution in [3.8, 4) is 17.0 Å². The van der Waals surface area contributed by atoms with E-state index in [1.807, 2.05) is 96.4 Å². The zero-order valence-electron chi connectivity index (χ0n) is 17.8. The van der Waals surface area contributed by atoms with Crippen molar-refractivity contribution in [3.05, 3.63) is 106 Å². The van der Waals surface area contributed by atoms with Gasteiger partial charge in [-0.05, 0) is 48.9 Å². The number of nitrogens with one attached hydrogen (secondary N) is 1. The first-order valence-electron chi connectivity index (χ1n) is 10.4. The average Bonchev–Trinajstić information content (AvgIpc) is 3.40. The third-order valence-corrected chi connectivity index (χ3v) is 6.67. The molecule has 5 aromatic rings. The summed E-state index contributed by atoms with van der Waals surface area (Å²) in [5.74, 6) is 0.571. The van der Waals surface area contributed by atoms with Crippen LogP contribution in [0.15, 0.2) is 85.1 Å². The highest BCUT2D eigenvalue weighted by Crippen LogP contribution is 2.28. The molecule has 0 unspecified atom stereocenters. The molecular weight excluding hydrogens is 454 g/mol. The fourth-order valence-corrected chi connectivity index (χ4v) is 4.61. The van der Waals surface area contributed by atoms with Crippen molar-refractivity contribution >= 4 is 39.5 Å². The predicted octanol–water partition coefficient (Wildman–Crippen LogP) is 6.86. The molecular formula is C26H20ClN3O2S. The molecule has 5 rings (SSSR count). The molecule has 1 amide bonds. The van der Waals surface area contributed by atoms with Crippen molar-refractivity contribution in [2.45, 2.75) is 13.5 Å². The van der Waals surface area contributed by atoms with Crippen molar-refractivity contribution < 1.29 is 9.53 Å². The third kappa shape index (κ3) is 4.62. The van der Waals surface area contributed by atoms with Crippen LogP contribution in [-0.4, -0.2) is 15.3 Å². The first kappa shape index (κ1) is 21.2. The second-order valence-corrected chi connectivity index (χ2v) is 8.97. The molecule has 3 aromatic carbocycles. The Kier molecular flexibility index (Phi) is 5.86. The molecule has 1 N–H and O–H groups in total. The highest BCUT2D eigenvalue weighted by atomic mass is 35.5. The summed E-state index contributed by atoms with van der Waals surface area (Å²) >= 11 is 7.29. The number of aryl methyl sites for hydroxylation is 1. The topological polar surface area (TPSA) is 55.6 Å². The van der Waals surface area contributed by atoms with Gasteiger partial charge in [0.1, 0.15) is 17.2 Å². The minimum atomic E-state index is -0.154. The van der Waals surface area contributed by atoms with Gasteiger partial charge < -0.3 is 10.1 Å². The number of amides is 1. The van der Waals surface area contributed by atoms with Gasteiger partial charge in [0, 0.05) is 28.2 Å². The van der Waals surface area contributed by atoms with E-state index in [2.05, 4.69) is 5.32 Å². The molecule has 2 aromatic heterocycles. The van der Waals surface area contributed by atoms with E-state index in [9.17, 15) is 4.79 Å². The Balaban J connectivity index is 1.25. The maximum atomic E-state index is 12.9. The summed E-state index contributed by atoms with van der Waals surface area (Å²) in [6, 6.07) is 24.9. The van der Waals surface area contributed by atoms with Crippen molar-refractivity contribution in [3.63, 3.8) is 0 Å². The molecule has 164 valence electrons. The SMILES string of the molecule is Cc1c(C(=O)Nc2ccc(OCc3ccc(Cl)cc3)cc2)sc2nc(-c3ccccc3)cn12. The monoisotopic (exact) mass is 473 g/mol. The van der Waals surface area contributed by atoms with Crippen LogP contribution in [0.4, 0.5) is 5.69 Å². The standard InChI is InChI=1S/C26H20ClN3O2S/c1-17-24(33-26-29-23(15-30(17)26)19-5-3-2-4-6-19)25(31)28-21-11-13-22(14-12-21)32-16-18-7-9-20(27)10-8-18/h2-15H,16H2,1H3,(H,28,31). The largest absolute Gasteiger partial charge is 0.489 e. The van der Waals surface area contributed by atoms with Crippen LogP contribution in [0.3, 0.4) is 0 Å². The quantitative estimate of drug-likeness (QED) is 0.293. The smallest absolute Gasteiger partial charge is 0.267 e. The molecule has 0 aliphatic heterocycles. The van der Waals surface area contributed by atoms with E-state index in [4.69, 9.17) is 21.3 Å². The highest BCUT2D eigenvalue weighted by Gasteiger charge is 2.18. The lowest BCUT2D eigenvalue weighted by atomic mass is 10.2. The molecule has 0 spiro atoms. The van der Waals surface area contributed by atoms with Crippen LogP contribution in [-0.2, 0) is 6.61 Å². The molecule has 0 bridgehead atoms. The van der Waals surface area contributed by atoms with Crippen LogP contribution >= 0.6 is 22.9 Å². The number of imidazole rings is 1. The summed E-state index contributed by atoms with van der Waals surface area (Å²) in [6.07, 6.45) is 1.97. The predicted molar refractivity (Wildman–Crippen MR) is 133 cm³/mol. The Hall–Kier alpha value is -3.61. The molecule has 0 aliphatic rings. The first-order valence-corrected chi connectivity index (χ1v) is 11.6. The van der Waals surface area contributed by atoms with Gasteiger partial charge in [0.15, 0.2) is 4.96 Å². The lowest BCUT2D eigenvalue weighted by Gasteiger charge is -2.08. The van der Waals surface area contributed by atoms with Crippen molar-refractivity contribution in [2.75, 3.05) is 5.32 Å². The Morgan fingerprint density at radius 3 is 2.45 bits per heavy atom. The first-order chi connectivity index (χ1) is 16.1. The number of thiazole rings is 1. The number of benzene rings is 3. The number of carbonyl (C=O) groups excluding carboxylic acids is 1. The van der Waals surface area contributed by atoms with E-state index in [-0.39, 0.29) is 5.91 Å². The Morgan fingerprint density at radius 1 is 1.03 bits per heavy atom. The van der Waals surface area contributed by atoms with Crippen LogP contribution in [0.1, 0.15) is 20.9 Å². The van der Waals surface area contributed by atoms with Crippen LogP contribution in [0.2, 0.25) is 5.02 Å². The van der Waals surface area contributed by atoms with Gasteiger partial charge in [0.05, 0.1) is 5.69 Å². The van der Waals surface area contributed by atoms with Crippen molar-refractivity contribution in [1.29, 1.82) is 0 Å². The molecule has 0 atom stereocenters. The third-order valence-electron chi connectivity index (χ3n) is 5.26. The number of halogens is 1. The molecule has 0 radical (unpaired) electrons. The van der Waals surface area contributed by atoms with Crippen LogP contribution < -0.4 is 10.1 Å². The Morgan fingerprint density at radius 2 is 1.76 bits per heavy atom. The molecule has 0 saturated carbocycles. The van der Waals surface area contributed by atoms with Gasteiger partial charge in [-0.2, -0.15) is 0 Å². The van der Waals surface area contributed by atoms with E-state index in [0.29, 0.717) is 22.2 Å². The van der Waals surface area contributed by atoms with Crippen molar-refractivity contribution in [1.82, 2.24) is 9.38 Å². The van der Waals surface area contributed by atoms with Crippen LogP contribution in [0.5, 0.6) is 5.75 Å². The Labute approximate surface area is 200 Å². The van der Waals surface area contributed by atoms with Gasteiger partial charge in [0.25, 0.3) is 5.91 Å². The molecule has 0 saturated heterocycles. The maximum Gasteiger partial charge on any atom is 0.267 e. The number of hydrogen-bond acceptors (Lipinski definition) is 4. The fraction of sp³-hybridized carbons (Fsp3) is 0.0769. The van der Waals surface area contributed by atoms with E-state index in [1.165, 1.54) is 11.3 Å². The lowest BCUT2D eigenvalue weighted by Crippen LogP contribution is -2.11. The molecule has 0 aliphatic carbocycles. The molecule has 7 heteroatoms. The Bertz CT molecular complexity index is 1410. The average molecular weight is 474 g/mol. The summed E-state index contributed by atoms with van der Waals surface area (Å²) < 4.78 is 7.78. The van der Waals surface area contributed by atoms with E-state index >= 15 is 0 Å². The number of rotatable bonds is 6. The van der Waals surface area contributed by atoms with Gasteiger partial charge in [0.2, 0.25) is 0 Å². The normalized spacial score (nSPS) is 11.0. The summed E-state index contributed by atoms with van der Waals surface area (Å²) in [7, 11) is 0. The molecule has 0 fully saturated rings. The zero-order valence-corrected chi connectivity index (χ0v) is 19.4. The van der Waals surface area contributed by atoms with Crippen LogP contribution in [0.25, 0.3) is 16.2 Å². The van der Waals surface area contributed by atoms with Gasteiger partial charge in [-0.15, -0.1) is 0 Å². The number of nitrogens with zero attached hydrogens (tertiary/aromatic N) is 2. The van der Waals surface area contributed by atoms with Gasteiger partial charge in [-0.1, -0.05) is 65.4 Å². The number of fused-ring (bicyclic) bond motifs is 1. The second kappa shape index (κ2) is 9.10. The zero-order chi connectivity index (χ0) is 22.8. The van der Waals surface area contributed by atoms with Gasteiger partial charge in [-0.25, -0.2) is 4.98 Å².